The molecule has 0 radical (unpaired) electrons. The fraction of sp³-hybridized carbons (Fsp3) is 0.250. The van der Waals surface area contributed by atoms with Crippen LogP contribution < -0.4 is 10.1 Å². The molecular formula is C16H17F2NO2. The summed E-state index contributed by atoms with van der Waals surface area (Å²) in [7, 11) is 0. The van der Waals surface area contributed by atoms with Crippen molar-refractivity contribution >= 4 is 0 Å². The molecule has 0 saturated heterocycles. The van der Waals surface area contributed by atoms with Gasteiger partial charge in [-0.1, -0.05) is 30.3 Å². The summed E-state index contributed by atoms with van der Waals surface area (Å²) >= 11 is 0. The molecule has 0 amide bonds. The van der Waals surface area contributed by atoms with Gasteiger partial charge in [-0.05, 0) is 30.2 Å². The number of benzene rings is 2. The molecule has 0 aliphatic heterocycles. The summed E-state index contributed by atoms with van der Waals surface area (Å²) in [6.07, 6.45) is 0. The van der Waals surface area contributed by atoms with Crippen LogP contribution in [0.2, 0.25) is 0 Å². The molecule has 0 aliphatic rings. The lowest BCUT2D eigenvalue weighted by atomic mass is 10.1. The lowest BCUT2D eigenvalue weighted by Crippen LogP contribution is -2.13. The molecule has 0 fully saturated rings. The first kappa shape index (κ1) is 15.3. The Labute approximate surface area is 122 Å². The lowest BCUT2D eigenvalue weighted by Gasteiger charge is -2.09. The van der Waals surface area contributed by atoms with E-state index in [-0.39, 0.29) is 5.75 Å². The van der Waals surface area contributed by atoms with E-state index < -0.39 is 6.61 Å². The maximum atomic E-state index is 12.0. The first-order valence-electron chi connectivity index (χ1n) is 6.58. The van der Waals surface area contributed by atoms with Gasteiger partial charge in [-0.2, -0.15) is 8.78 Å². The van der Waals surface area contributed by atoms with Crippen LogP contribution in [-0.2, 0) is 13.1 Å². The number of rotatable bonds is 6. The van der Waals surface area contributed by atoms with Crippen molar-refractivity contribution in [2.45, 2.75) is 26.6 Å². The molecule has 2 aromatic rings. The standard InChI is InChI=1S/C16H17F2NO2/c1-11-3-2-4-13(15(11)20)10-19-9-12-5-7-14(8-6-12)21-16(17)18/h2-8,16,19-20H,9-10H2,1H3. The normalized spacial score (nSPS) is 10.9. The average molecular weight is 293 g/mol. The van der Waals surface area contributed by atoms with E-state index in [0.717, 1.165) is 16.7 Å². The number of phenolic OH excluding ortho intramolecular Hbond substituents is 1. The Morgan fingerprint density at radius 1 is 1.10 bits per heavy atom. The molecule has 0 aliphatic carbocycles. The number of phenols is 1. The number of para-hydroxylation sites is 1. The molecule has 3 nitrogen and oxygen atoms in total. The maximum absolute atomic E-state index is 12.0. The van der Waals surface area contributed by atoms with E-state index in [1.54, 1.807) is 12.1 Å². The van der Waals surface area contributed by atoms with E-state index in [9.17, 15) is 13.9 Å². The summed E-state index contributed by atoms with van der Waals surface area (Å²) in [6, 6.07) is 12.1. The molecule has 0 aromatic heterocycles. The fourth-order valence-electron chi connectivity index (χ4n) is 1.99. The number of halogens is 2. The van der Waals surface area contributed by atoms with E-state index in [1.807, 2.05) is 25.1 Å². The van der Waals surface area contributed by atoms with Crippen LogP contribution in [0, 0.1) is 6.92 Å². The van der Waals surface area contributed by atoms with E-state index in [4.69, 9.17) is 0 Å². The van der Waals surface area contributed by atoms with Gasteiger partial charge in [0.2, 0.25) is 0 Å². The van der Waals surface area contributed by atoms with Crippen molar-refractivity contribution in [3.05, 3.63) is 59.2 Å². The summed E-state index contributed by atoms with van der Waals surface area (Å²) < 4.78 is 28.3. The predicted molar refractivity (Wildman–Crippen MR) is 76.5 cm³/mol. The van der Waals surface area contributed by atoms with E-state index >= 15 is 0 Å². The summed E-state index contributed by atoms with van der Waals surface area (Å²) in [5.41, 5.74) is 2.61. The van der Waals surface area contributed by atoms with E-state index in [0.29, 0.717) is 18.8 Å². The minimum Gasteiger partial charge on any atom is -0.507 e. The molecule has 0 atom stereocenters. The molecule has 2 aromatic carbocycles. The van der Waals surface area contributed by atoms with Crippen molar-refractivity contribution < 1.29 is 18.6 Å². The Balaban J connectivity index is 1.87. The number of hydrogen-bond donors (Lipinski definition) is 2. The van der Waals surface area contributed by atoms with Crippen LogP contribution in [-0.4, -0.2) is 11.7 Å². The van der Waals surface area contributed by atoms with Crippen LogP contribution in [0.15, 0.2) is 42.5 Å². The number of ether oxygens (including phenoxy) is 1. The van der Waals surface area contributed by atoms with Crippen molar-refractivity contribution in [2.75, 3.05) is 0 Å². The second-order valence-electron chi connectivity index (χ2n) is 4.71. The van der Waals surface area contributed by atoms with Gasteiger partial charge in [0.15, 0.2) is 0 Å². The Kier molecular flexibility index (Phi) is 5.11. The van der Waals surface area contributed by atoms with Gasteiger partial charge in [-0.25, -0.2) is 0 Å². The highest BCUT2D eigenvalue weighted by Gasteiger charge is 2.05. The molecule has 0 saturated carbocycles. The van der Waals surface area contributed by atoms with Gasteiger partial charge in [-0.15, -0.1) is 0 Å². The molecule has 21 heavy (non-hydrogen) atoms. The minimum absolute atomic E-state index is 0.144. The molecule has 0 unspecified atom stereocenters. The van der Waals surface area contributed by atoms with E-state index in [1.165, 1.54) is 12.1 Å². The van der Waals surface area contributed by atoms with Crippen molar-refractivity contribution in [1.29, 1.82) is 0 Å². The maximum Gasteiger partial charge on any atom is 0.387 e. The topological polar surface area (TPSA) is 41.5 Å². The van der Waals surface area contributed by atoms with Crippen LogP contribution in [0.1, 0.15) is 16.7 Å². The Hall–Kier alpha value is -2.14. The molecule has 5 heteroatoms. The van der Waals surface area contributed by atoms with Gasteiger partial charge in [0, 0.05) is 18.7 Å². The number of alkyl halides is 2. The zero-order valence-electron chi connectivity index (χ0n) is 11.6. The number of aryl methyl sites for hydroxylation is 1. The summed E-state index contributed by atoms with van der Waals surface area (Å²) in [4.78, 5) is 0. The highest BCUT2D eigenvalue weighted by molar-refractivity contribution is 5.39. The minimum atomic E-state index is -2.81. The zero-order chi connectivity index (χ0) is 15.2. The third-order valence-corrected chi connectivity index (χ3v) is 3.11. The number of hydrogen-bond acceptors (Lipinski definition) is 3. The fourth-order valence-corrected chi connectivity index (χ4v) is 1.99. The SMILES string of the molecule is Cc1cccc(CNCc2ccc(OC(F)F)cc2)c1O. The van der Waals surface area contributed by atoms with Crippen LogP contribution in [0.25, 0.3) is 0 Å². The monoisotopic (exact) mass is 293 g/mol. The first-order valence-corrected chi connectivity index (χ1v) is 6.58. The first-order chi connectivity index (χ1) is 10.1. The Morgan fingerprint density at radius 2 is 1.81 bits per heavy atom. The molecule has 112 valence electrons. The quantitative estimate of drug-likeness (QED) is 0.855. The van der Waals surface area contributed by atoms with Gasteiger partial charge in [-0.3, -0.25) is 0 Å². The molecule has 2 N–H and O–H groups in total. The Morgan fingerprint density at radius 3 is 2.48 bits per heavy atom. The van der Waals surface area contributed by atoms with Gasteiger partial charge in [0.05, 0.1) is 0 Å². The zero-order valence-corrected chi connectivity index (χ0v) is 11.6. The van der Waals surface area contributed by atoms with Gasteiger partial charge < -0.3 is 15.2 Å². The predicted octanol–water partition coefficient (Wildman–Crippen LogP) is 3.59. The van der Waals surface area contributed by atoms with Crippen LogP contribution >= 0.6 is 0 Å². The van der Waals surface area contributed by atoms with Crippen molar-refractivity contribution in [1.82, 2.24) is 5.32 Å². The van der Waals surface area contributed by atoms with Gasteiger partial charge >= 0.3 is 6.61 Å². The highest BCUT2D eigenvalue weighted by atomic mass is 19.3. The van der Waals surface area contributed by atoms with Crippen LogP contribution in [0.4, 0.5) is 8.78 Å². The second-order valence-corrected chi connectivity index (χ2v) is 4.71. The summed E-state index contributed by atoms with van der Waals surface area (Å²) in [5.74, 6) is 0.441. The lowest BCUT2D eigenvalue weighted by molar-refractivity contribution is -0.0498. The van der Waals surface area contributed by atoms with Crippen LogP contribution in [0.3, 0.4) is 0 Å². The molecule has 0 spiro atoms. The Bertz CT molecular complexity index is 585. The van der Waals surface area contributed by atoms with Crippen LogP contribution in [0.5, 0.6) is 11.5 Å². The third kappa shape index (κ3) is 4.43. The molecule has 0 heterocycles. The van der Waals surface area contributed by atoms with Gasteiger partial charge in [0.1, 0.15) is 11.5 Å². The summed E-state index contributed by atoms with van der Waals surface area (Å²) in [5, 5.41) is 13.1. The highest BCUT2D eigenvalue weighted by Crippen LogP contribution is 2.21. The number of nitrogens with one attached hydrogen (secondary N) is 1. The molecular weight excluding hydrogens is 276 g/mol. The third-order valence-electron chi connectivity index (χ3n) is 3.11. The van der Waals surface area contributed by atoms with Crippen molar-refractivity contribution in [2.24, 2.45) is 0 Å². The molecule has 2 rings (SSSR count). The molecule has 0 bridgehead atoms. The van der Waals surface area contributed by atoms with E-state index in [2.05, 4.69) is 10.1 Å². The smallest absolute Gasteiger partial charge is 0.387 e. The summed E-state index contributed by atoms with van der Waals surface area (Å²) in [6.45, 7) is 0.143. The second kappa shape index (κ2) is 7.04. The average Bonchev–Trinajstić information content (AvgIpc) is 2.45. The number of aromatic hydroxyl groups is 1. The van der Waals surface area contributed by atoms with Gasteiger partial charge in [0.25, 0.3) is 0 Å². The van der Waals surface area contributed by atoms with Crippen molar-refractivity contribution in [3.63, 3.8) is 0 Å². The van der Waals surface area contributed by atoms with Crippen molar-refractivity contribution in [3.8, 4) is 11.5 Å². The largest absolute Gasteiger partial charge is 0.507 e.